The Hall–Kier alpha value is -1.06. The van der Waals surface area contributed by atoms with Gasteiger partial charge >= 0.3 is 0 Å². The average molecular weight is 338 g/mol. The highest BCUT2D eigenvalue weighted by molar-refractivity contribution is 6.30. The molecule has 1 fully saturated rings. The zero-order valence-corrected chi connectivity index (χ0v) is 13.9. The molecule has 3 rings (SSSR count). The highest BCUT2D eigenvalue weighted by Gasteiger charge is 2.21. The third-order valence-corrected chi connectivity index (χ3v) is 4.14. The zero-order valence-electron chi connectivity index (χ0n) is 12.4. The van der Waals surface area contributed by atoms with Crippen LogP contribution in [0.5, 0.6) is 0 Å². The van der Waals surface area contributed by atoms with Crippen molar-refractivity contribution in [3.05, 3.63) is 70.7 Å². The summed E-state index contributed by atoms with van der Waals surface area (Å²) < 4.78 is 6.42. The molecule has 1 aliphatic rings. The van der Waals surface area contributed by atoms with Crippen LogP contribution in [0.25, 0.3) is 0 Å². The summed E-state index contributed by atoms with van der Waals surface area (Å²) in [6.45, 7) is 2.07. The fourth-order valence-corrected chi connectivity index (χ4v) is 2.86. The third-order valence-electron chi connectivity index (χ3n) is 3.89. The Kier molecular flexibility index (Phi) is 6.71. The number of hydrogen-bond donors (Lipinski definition) is 1. The van der Waals surface area contributed by atoms with E-state index >= 15 is 0 Å². The first-order chi connectivity index (χ1) is 10.3. The largest absolute Gasteiger partial charge is 0.365 e. The molecular weight excluding hydrogens is 317 g/mol. The molecule has 2 aromatic carbocycles. The van der Waals surface area contributed by atoms with E-state index in [9.17, 15) is 0 Å². The molecule has 1 N–H and O–H groups in total. The topological polar surface area (TPSA) is 21.3 Å². The van der Waals surface area contributed by atoms with Gasteiger partial charge < -0.3 is 10.1 Å². The number of ether oxygens (including phenoxy) is 1. The molecule has 4 heteroatoms. The molecule has 1 unspecified atom stereocenters. The van der Waals surface area contributed by atoms with E-state index in [1.807, 2.05) is 18.2 Å². The Morgan fingerprint density at radius 2 is 1.50 bits per heavy atom. The summed E-state index contributed by atoms with van der Waals surface area (Å²) in [5.74, 6) is 0. The number of piperidine rings is 1. The van der Waals surface area contributed by atoms with E-state index in [2.05, 4.69) is 41.7 Å². The van der Waals surface area contributed by atoms with Crippen molar-refractivity contribution in [3.8, 4) is 0 Å². The second-order valence-electron chi connectivity index (χ2n) is 5.43. The van der Waals surface area contributed by atoms with Crippen LogP contribution in [0.1, 0.15) is 30.1 Å². The molecule has 0 aliphatic carbocycles. The molecule has 0 amide bonds. The van der Waals surface area contributed by atoms with Crippen LogP contribution < -0.4 is 5.32 Å². The summed E-state index contributed by atoms with van der Waals surface area (Å²) in [6, 6.07) is 18.4. The lowest BCUT2D eigenvalue weighted by Crippen LogP contribution is -2.33. The van der Waals surface area contributed by atoms with Gasteiger partial charge in [0, 0.05) is 5.02 Å². The van der Waals surface area contributed by atoms with E-state index in [-0.39, 0.29) is 18.5 Å². The molecule has 118 valence electrons. The fourth-order valence-electron chi connectivity index (χ4n) is 2.74. The predicted octanol–water partition coefficient (Wildman–Crippen LogP) is 4.62. The first kappa shape index (κ1) is 17.3. The molecule has 1 saturated heterocycles. The van der Waals surface area contributed by atoms with Crippen LogP contribution >= 0.6 is 24.0 Å². The van der Waals surface area contributed by atoms with E-state index in [0.29, 0.717) is 6.10 Å². The molecule has 1 aliphatic heterocycles. The predicted molar refractivity (Wildman–Crippen MR) is 94.0 cm³/mol. The van der Waals surface area contributed by atoms with Gasteiger partial charge in [-0.3, -0.25) is 0 Å². The van der Waals surface area contributed by atoms with Gasteiger partial charge in [-0.15, -0.1) is 12.4 Å². The molecule has 0 bridgehead atoms. The van der Waals surface area contributed by atoms with Gasteiger partial charge in [-0.05, 0) is 49.2 Å². The highest BCUT2D eigenvalue weighted by Crippen LogP contribution is 2.30. The van der Waals surface area contributed by atoms with Crippen LogP contribution in [-0.4, -0.2) is 19.2 Å². The Morgan fingerprint density at radius 1 is 0.909 bits per heavy atom. The molecule has 1 atom stereocenters. The SMILES string of the molecule is Cl.Clc1ccc(C(OC2CCNCC2)c2ccccc2)cc1. The van der Waals surface area contributed by atoms with Crippen LogP contribution in [0.4, 0.5) is 0 Å². The highest BCUT2D eigenvalue weighted by atomic mass is 35.5. The van der Waals surface area contributed by atoms with Crippen molar-refractivity contribution in [1.29, 1.82) is 0 Å². The summed E-state index contributed by atoms with van der Waals surface area (Å²) in [6.07, 6.45) is 2.42. The van der Waals surface area contributed by atoms with Crippen molar-refractivity contribution in [3.63, 3.8) is 0 Å². The summed E-state index contributed by atoms with van der Waals surface area (Å²) >= 11 is 6.01. The van der Waals surface area contributed by atoms with Crippen LogP contribution in [0.3, 0.4) is 0 Å². The smallest absolute Gasteiger partial charge is 0.108 e. The van der Waals surface area contributed by atoms with E-state index in [1.165, 1.54) is 5.56 Å². The van der Waals surface area contributed by atoms with Gasteiger partial charge in [0.1, 0.15) is 6.10 Å². The van der Waals surface area contributed by atoms with Crippen LogP contribution in [-0.2, 0) is 4.74 Å². The van der Waals surface area contributed by atoms with Gasteiger partial charge in [0.05, 0.1) is 6.10 Å². The number of hydrogen-bond acceptors (Lipinski definition) is 2. The quantitative estimate of drug-likeness (QED) is 0.878. The minimum absolute atomic E-state index is 0. The van der Waals surface area contributed by atoms with Gasteiger partial charge in [-0.25, -0.2) is 0 Å². The summed E-state index contributed by atoms with van der Waals surface area (Å²) in [5, 5.41) is 4.13. The summed E-state index contributed by atoms with van der Waals surface area (Å²) in [4.78, 5) is 0. The minimum atomic E-state index is -0.0217. The minimum Gasteiger partial charge on any atom is -0.365 e. The molecule has 2 nitrogen and oxygen atoms in total. The lowest BCUT2D eigenvalue weighted by Gasteiger charge is -2.28. The first-order valence-corrected chi connectivity index (χ1v) is 7.87. The van der Waals surface area contributed by atoms with E-state index in [0.717, 1.165) is 36.5 Å². The van der Waals surface area contributed by atoms with Crippen molar-refractivity contribution in [1.82, 2.24) is 5.32 Å². The van der Waals surface area contributed by atoms with Gasteiger partial charge in [0.2, 0.25) is 0 Å². The van der Waals surface area contributed by atoms with Crippen molar-refractivity contribution < 1.29 is 4.74 Å². The normalized spacial score (nSPS) is 16.8. The van der Waals surface area contributed by atoms with Gasteiger partial charge in [-0.1, -0.05) is 54.1 Å². The number of nitrogens with one attached hydrogen (secondary N) is 1. The number of halogens is 2. The average Bonchev–Trinajstić information content (AvgIpc) is 2.55. The Morgan fingerprint density at radius 3 is 2.14 bits per heavy atom. The van der Waals surface area contributed by atoms with E-state index in [4.69, 9.17) is 16.3 Å². The maximum absolute atomic E-state index is 6.42. The van der Waals surface area contributed by atoms with Crippen LogP contribution in [0.15, 0.2) is 54.6 Å². The first-order valence-electron chi connectivity index (χ1n) is 7.49. The Bertz CT molecular complexity index is 553. The van der Waals surface area contributed by atoms with Crippen molar-refractivity contribution in [2.45, 2.75) is 25.0 Å². The van der Waals surface area contributed by atoms with E-state index in [1.54, 1.807) is 0 Å². The number of rotatable bonds is 4. The monoisotopic (exact) mass is 337 g/mol. The molecule has 0 spiro atoms. The molecule has 0 saturated carbocycles. The molecule has 2 aromatic rings. The molecule has 1 heterocycles. The lowest BCUT2D eigenvalue weighted by atomic mass is 10.0. The fraction of sp³-hybridized carbons (Fsp3) is 0.333. The van der Waals surface area contributed by atoms with Crippen molar-refractivity contribution in [2.75, 3.05) is 13.1 Å². The molecule has 22 heavy (non-hydrogen) atoms. The third kappa shape index (κ3) is 4.47. The molecule has 0 radical (unpaired) electrons. The maximum atomic E-state index is 6.42. The maximum Gasteiger partial charge on any atom is 0.108 e. The lowest BCUT2D eigenvalue weighted by molar-refractivity contribution is -0.00805. The second kappa shape index (κ2) is 8.54. The Labute approximate surface area is 143 Å². The zero-order chi connectivity index (χ0) is 14.5. The molecular formula is C18H21Cl2NO. The van der Waals surface area contributed by atoms with Gasteiger partial charge in [-0.2, -0.15) is 0 Å². The van der Waals surface area contributed by atoms with Crippen molar-refractivity contribution >= 4 is 24.0 Å². The second-order valence-corrected chi connectivity index (χ2v) is 5.86. The van der Waals surface area contributed by atoms with Gasteiger partial charge in [0.25, 0.3) is 0 Å². The van der Waals surface area contributed by atoms with Crippen molar-refractivity contribution in [2.24, 2.45) is 0 Å². The standard InChI is InChI=1S/C18H20ClNO.ClH/c19-16-8-6-15(7-9-16)18(14-4-2-1-3-5-14)21-17-10-12-20-13-11-17;/h1-9,17-18,20H,10-13H2;1H. The summed E-state index contributed by atoms with van der Waals surface area (Å²) in [7, 11) is 0. The van der Waals surface area contributed by atoms with Crippen LogP contribution in [0, 0.1) is 0 Å². The van der Waals surface area contributed by atoms with E-state index < -0.39 is 0 Å². The van der Waals surface area contributed by atoms with Crippen LogP contribution in [0.2, 0.25) is 5.02 Å². The number of benzene rings is 2. The van der Waals surface area contributed by atoms with Gasteiger partial charge in [0.15, 0.2) is 0 Å². The summed E-state index contributed by atoms with van der Waals surface area (Å²) in [5.41, 5.74) is 2.35. The Balaban J connectivity index is 0.00000176. The molecule has 0 aromatic heterocycles.